The summed E-state index contributed by atoms with van der Waals surface area (Å²) < 4.78 is 13.8. The number of hydrogen-bond donors (Lipinski definition) is 2. The molecule has 130 valence electrons. The molecule has 0 amide bonds. The minimum Gasteiger partial charge on any atom is -0.392 e. The molecule has 2 aromatic carbocycles. The highest BCUT2D eigenvalue weighted by atomic mass is 19.1. The number of benzene rings is 2. The molecule has 0 bridgehead atoms. The summed E-state index contributed by atoms with van der Waals surface area (Å²) in [5, 5.41) is 19.4. The minimum absolute atomic E-state index is 0.0352. The van der Waals surface area contributed by atoms with Crippen molar-refractivity contribution >= 4 is 0 Å². The largest absolute Gasteiger partial charge is 0.392 e. The second-order valence-electron chi connectivity index (χ2n) is 7.86. The van der Waals surface area contributed by atoms with E-state index in [2.05, 4.69) is 20.8 Å². The van der Waals surface area contributed by atoms with Crippen LogP contribution in [0.3, 0.4) is 0 Å². The summed E-state index contributed by atoms with van der Waals surface area (Å²) in [7, 11) is 0. The Morgan fingerprint density at radius 3 is 1.96 bits per heavy atom. The van der Waals surface area contributed by atoms with Gasteiger partial charge in [0.1, 0.15) is 5.82 Å². The zero-order chi connectivity index (χ0) is 18.1. The molecule has 2 rings (SSSR count). The monoisotopic (exact) mass is 330 g/mol. The summed E-state index contributed by atoms with van der Waals surface area (Å²) in [6.07, 6.45) is 0. The molecule has 2 nitrogen and oxygen atoms in total. The average molecular weight is 330 g/mol. The van der Waals surface area contributed by atoms with Crippen molar-refractivity contribution in [2.45, 2.75) is 58.7 Å². The molecule has 0 aromatic heterocycles. The number of halogens is 1. The minimum atomic E-state index is -0.486. The lowest BCUT2D eigenvalue weighted by molar-refractivity contribution is 0.277. The van der Waals surface area contributed by atoms with Crippen LogP contribution < -0.4 is 0 Å². The summed E-state index contributed by atoms with van der Waals surface area (Å²) in [5.41, 5.74) is 3.90. The Morgan fingerprint density at radius 1 is 0.792 bits per heavy atom. The van der Waals surface area contributed by atoms with Gasteiger partial charge in [0.2, 0.25) is 0 Å². The molecule has 0 heterocycles. The van der Waals surface area contributed by atoms with E-state index in [1.807, 2.05) is 32.0 Å². The highest BCUT2D eigenvalue weighted by Crippen LogP contribution is 2.37. The number of hydrogen-bond acceptors (Lipinski definition) is 2. The maximum atomic E-state index is 13.8. The molecular formula is C21H27FO2. The molecule has 2 N–H and O–H groups in total. The van der Waals surface area contributed by atoms with E-state index in [1.165, 1.54) is 12.1 Å². The van der Waals surface area contributed by atoms with Crippen LogP contribution in [0.4, 0.5) is 4.39 Å². The summed E-state index contributed by atoms with van der Waals surface area (Å²) in [5.74, 6) is -0.316. The fourth-order valence-electron chi connectivity index (χ4n) is 3.27. The molecule has 0 atom stereocenters. The fourth-order valence-corrected chi connectivity index (χ4v) is 3.27. The van der Waals surface area contributed by atoms with Crippen LogP contribution in [0.25, 0.3) is 0 Å². The van der Waals surface area contributed by atoms with Crippen LogP contribution in [0, 0.1) is 5.82 Å². The van der Waals surface area contributed by atoms with E-state index in [1.54, 1.807) is 6.07 Å². The van der Waals surface area contributed by atoms with Crippen LogP contribution in [0.2, 0.25) is 0 Å². The van der Waals surface area contributed by atoms with Gasteiger partial charge in [0, 0.05) is 5.41 Å². The van der Waals surface area contributed by atoms with Gasteiger partial charge in [-0.2, -0.15) is 0 Å². The molecule has 0 spiro atoms. The number of aliphatic hydroxyl groups excluding tert-OH is 2. The highest BCUT2D eigenvalue weighted by Gasteiger charge is 2.28. The molecule has 2 aromatic rings. The van der Waals surface area contributed by atoms with Crippen molar-refractivity contribution in [2.24, 2.45) is 0 Å². The van der Waals surface area contributed by atoms with Gasteiger partial charge in [-0.3, -0.25) is 0 Å². The van der Waals surface area contributed by atoms with E-state index >= 15 is 0 Å². The van der Waals surface area contributed by atoms with Crippen molar-refractivity contribution in [2.75, 3.05) is 0 Å². The Labute approximate surface area is 144 Å². The van der Waals surface area contributed by atoms with Crippen molar-refractivity contribution in [3.8, 4) is 0 Å². The lowest BCUT2D eigenvalue weighted by Gasteiger charge is -2.31. The first-order valence-corrected chi connectivity index (χ1v) is 8.25. The molecule has 0 saturated heterocycles. The summed E-state index contributed by atoms with van der Waals surface area (Å²) in [6.45, 7) is 10.2. The number of rotatable bonds is 4. The van der Waals surface area contributed by atoms with Gasteiger partial charge in [-0.15, -0.1) is 0 Å². The van der Waals surface area contributed by atoms with Gasteiger partial charge >= 0.3 is 0 Å². The van der Waals surface area contributed by atoms with Crippen LogP contribution in [0.1, 0.15) is 62.4 Å². The highest BCUT2D eigenvalue weighted by molar-refractivity contribution is 5.46. The van der Waals surface area contributed by atoms with Gasteiger partial charge in [-0.1, -0.05) is 58.9 Å². The van der Waals surface area contributed by atoms with E-state index in [0.29, 0.717) is 5.56 Å². The van der Waals surface area contributed by atoms with Gasteiger partial charge in [-0.05, 0) is 45.4 Å². The lowest BCUT2D eigenvalue weighted by Crippen LogP contribution is -2.23. The van der Waals surface area contributed by atoms with E-state index in [0.717, 1.165) is 22.3 Å². The normalized spacial score (nSPS) is 12.5. The molecular weight excluding hydrogens is 303 g/mol. The van der Waals surface area contributed by atoms with E-state index < -0.39 is 5.41 Å². The molecule has 24 heavy (non-hydrogen) atoms. The van der Waals surface area contributed by atoms with Crippen LogP contribution >= 0.6 is 0 Å². The average Bonchev–Trinajstić information content (AvgIpc) is 2.53. The molecule has 0 radical (unpaired) electrons. The van der Waals surface area contributed by atoms with Crippen molar-refractivity contribution in [1.29, 1.82) is 0 Å². The van der Waals surface area contributed by atoms with Gasteiger partial charge in [0.15, 0.2) is 0 Å². The SMILES string of the molecule is CC(C)(C)c1ccc(C(C)(C)c2cc(F)ccc2CO)cc1CO. The summed E-state index contributed by atoms with van der Waals surface area (Å²) >= 11 is 0. The van der Waals surface area contributed by atoms with Gasteiger partial charge in [-0.25, -0.2) is 4.39 Å². The first-order valence-electron chi connectivity index (χ1n) is 8.25. The van der Waals surface area contributed by atoms with Crippen molar-refractivity contribution in [3.05, 3.63) is 70.0 Å². The van der Waals surface area contributed by atoms with Crippen molar-refractivity contribution in [3.63, 3.8) is 0 Å². The van der Waals surface area contributed by atoms with Gasteiger partial charge < -0.3 is 10.2 Å². The fraction of sp³-hybridized carbons (Fsp3) is 0.429. The van der Waals surface area contributed by atoms with Crippen molar-refractivity contribution in [1.82, 2.24) is 0 Å². The molecule has 0 aliphatic heterocycles. The third-order valence-corrected chi connectivity index (χ3v) is 4.72. The Balaban J connectivity index is 2.60. The molecule has 0 aliphatic carbocycles. The first-order chi connectivity index (χ1) is 11.1. The predicted molar refractivity (Wildman–Crippen MR) is 95.5 cm³/mol. The van der Waals surface area contributed by atoms with E-state index in [4.69, 9.17) is 0 Å². The van der Waals surface area contributed by atoms with Gasteiger partial charge in [0.25, 0.3) is 0 Å². The maximum absolute atomic E-state index is 13.8. The van der Waals surface area contributed by atoms with Crippen LogP contribution in [0.5, 0.6) is 0 Å². The van der Waals surface area contributed by atoms with Crippen molar-refractivity contribution < 1.29 is 14.6 Å². The van der Waals surface area contributed by atoms with Crippen LogP contribution in [0.15, 0.2) is 36.4 Å². The van der Waals surface area contributed by atoms with Crippen LogP contribution in [-0.4, -0.2) is 10.2 Å². The standard InChI is InChI=1S/C21H27FO2/c1-20(2,3)18-9-7-16(10-15(18)13-24)21(4,5)19-11-17(22)8-6-14(19)12-23/h6-11,23-24H,12-13H2,1-5H3. The lowest BCUT2D eigenvalue weighted by atomic mass is 9.74. The topological polar surface area (TPSA) is 40.5 Å². The first kappa shape index (κ1) is 18.6. The smallest absolute Gasteiger partial charge is 0.123 e. The predicted octanol–water partition coefficient (Wildman–Crippen LogP) is 4.43. The van der Waals surface area contributed by atoms with E-state index in [9.17, 15) is 14.6 Å². The van der Waals surface area contributed by atoms with Gasteiger partial charge in [0.05, 0.1) is 13.2 Å². The second kappa shape index (κ2) is 6.66. The third-order valence-electron chi connectivity index (χ3n) is 4.72. The zero-order valence-corrected chi connectivity index (χ0v) is 15.2. The van der Waals surface area contributed by atoms with Crippen LogP contribution in [-0.2, 0) is 24.0 Å². The summed E-state index contributed by atoms with van der Waals surface area (Å²) in [4.78, 5) is 0. The summed E-state index contributed by atoms with van der Waals surface area (Å²) in [6, 6.07) is 10.6. The Kier molecular flexibility index (Phi) is 5.17. The molecule has 3 heteroatoms. The molecule has 0 unspecified atom stereocenters. The third kappa shape index (κ3) is 3.52. The maximum Gasteiger partial charge on any atom is 0.123 e. The quantitative estimate of drug-likeness (QED) is 0.870. The van der Waals surface area contributed by atoms with E-state index in [-0.39, 0.29) is 24.4 Å². The zero-order valence-electron chi connectivity index (χ0n) is 15.2. The number of aliphatic hydroxyl groups is 2. The molecule has 0 fully saturated rings. The Morgan fingerprint density at radius 2 is 1.42 bits per heavy atom. The second-order valence-corrected chi connectivity index (χ2v) is 7.86. The Bertz CT molecular complexity index is 727. The molecule has 0 saturated carbocycles. The Hall–Kier alpha value is -1.71. The molecule has 0 aliphatic rings.